The second-order valence-corrected chi connectivity index (χ2v) is 1.47. The van der Waals surface area contributed by atoms with E-state index in [0.717, 1.165) is 0 Å². The second kappa shape index (κ2) is 1.50. The lowest BCUT2D eigenvalue weighted by Gasteiger charge is -2.19. The van der Waals surface area contributed by atoms with Crippen LogP contribution in [0.2, 0.25) is 0 Å². The minimum absolute atomic E-state index is 0.568. The van der Waals surface area contributed by atoms with Gasteiger partial charge >= 0.3 is 5.97 Å². The lowest BCUT2D eigenvalue weighted by atomic mass is 10.2. The average molecular weight is 101 g/mol. The molecule has 1 radical (unpaired) electrons. The van der Waals surface area contributed by atoms with Gasteiger partial charge < -0.3 is 4.74 Å². The summed E-state index contributed by atoms with van der Waals surface area (Å²) in [5.74, 6) is -1.09. The predicted octanol–water partition coefficient (Wildman–Crippen LogP) is -0.268. The summed E-state index contributed by atoms with van der Waals surface area (Å²) in [4.78, 5) is 9.75. The molecule has 0 aromatic heterocycles. The Bertz CT molecular complexity index is 84.9. The maximum atomic E-state index is 9.75. The summed E-state index contributed by atoms with van der Waals surface area (Å²) in [5, 5.41) is 9.75. The van der Waals surface area contributed by atoms with Crippen molar-refractivity contribution in [3.05, 3.63) is 0 Å². The fourth-order valence-electron chi connectivity index (χ4n) is 0.422. The molecule has 1 saturated heterocycles. The fourth-order valence-corrected chi connectivity index (χ4v) is 0.422. The van der Waals surface area contributed by atoms with E-state index in [-0.39, 0.29) is 0 Å². The molecule has 3 nitrogen and oxygen atoms in total. The van der Waals surface area contributed by atoms with Gasteiger partial charge in [0.15, 0.2) is 6.10 Å². The van der Waals surface area contributed by atoms with Crippen molar-refractivity contribution in [2.45, 2.75) is 12.5 Å². The zero-order valence-corrected chi connectivity index (χ0v) is 3.72. The molecule has 1 rings (SSSR count). The fraction of sp³-hybridized carbons (Fsp3) is 0.750. The molecule has 39 valence electrons. The van der Waals surface area contributed by atoms with Crippen molar-refractivity contribution < 1.29 is 14.6 Å². The summed E-state index contributed by atoms with van der Waals surface area (Å²) >= 11 is 0. The number of carbonyl (C=O) groups excluding carboxylic acids is 1. The Kier molecular flexibility index (Phi) is 0.982. The molecule has 0 N–H and O–H groups in total. The van der Waals surface area contributed by atoms with Crippen molar-refractivity contribution in [3.8, 4) is 0 Å². The first kappa shape index (κ1) is 4.59. The number of carbonyl (C=O) groups is 1. The highest BCUT2D eigenvalue weighted by atomic mass is 16.5. The molecule has 0 spiro atoms. The van der Waals surface area contributed by atoms with Crippen LogP contribution in [0.3, 0.4) is 0 Å². The van der Waals surface area contributed by atoms with Gasteiger partial charge in [-0.2, -0.15) is 0 Å². The van der Waals surface area contributed by atoms with Gasteiger partial charge in [0.1, 0.15) is 0 Å². The molecular weight excluding hydrogens is 96.0 g/mol. The van der Waals surface area contributed by atoms with E-state index in [1.807, 2.05) is 0 Å². The van der Waals surface area contributed by atoms with Crippen molar-refractivity contribution in [1.29, 1.82) is 0 Å². The first-order valence-corrected chi connectivity index (χ1v) is 2.13. The molecule has 0 amide bonds. The molecule has 0 aliphatic carbocycles. The highest BCUT2D eigenvalue weighted by molar-refractivity contribution is 5.72. The third-order valence-electron chi connectivity index (χ3n) is 0.962. The zero-order chi connectivity index (χ0) is 5.28. The van der Waals surface area contributed by atoms with Crippen LogP contribution < -0.4 is 0 Å². The van der Waals surface area contributed by atoms with Crippen LogP contribution in [0.5, 0.6) is 0 Å². The van der Waals surface area contributed by atoms with Crippen molar-refractivity contribution in [2.24, 2.45) is 0 Å². The summed E-state index contributed by atoms with van der Waals surface area (Å²) in [5.41, 5.74) is 0. The minimum Gasteiger partial charge on any atom is -0.366 e. The first-order valence-electron chi connectivity index (χ1n) is 2.13. The minimum atomic E-state index is -1.09. The van der Waals surface area contributed by atoms with Crippen LogP contribution >= 0.6 is 0 Å². The van der Waals surface area contributed by atoms with Crippen LogP contribution in [-0.2, 0) is 14.6 Å². The Balaban J connectivity index is 2.27. The lowest BCUT2D eigenvalue weighted by molar-refractivity contribution is -0.169. The van der Waals surface area contributed by atoms with Crippen LogP contribution in [-0.4, -0.2) is 18.7 Å². The molecule has 3 heteroatoms. The van der Waals surface area contributed by atoms with E-state index >= 15 is 0 Å². The number of ether oxygens (including phenoxy) is 1. The molecule has 1 aliphatic rings. The Morgan fingerprint density at radius 3 is 2.29 bits per heavy atom. The van der Waals surface area contributed by atoms with Crippen LogP contribution in [0.4, 0.5) is 0 Å². The third-order valence-corrected chi connectivity index (χ3v) is 0.962. The van der Waals surface area contributed by atoms with Gasteiger partial charge in [-0.25, -0.2) is 9.90 Å². The standard InChI is InChI=1S/C4H5O3/c5-4(6)3-1-2-7-3/h3H,1-2H2. The summed E-state index contributed by atoms with van der Waals surface area (Å²) in [6, 6.07) is 0. The van der Waals surface area contributed by atoms with Gasteiger partial charge in [-0.3, -0.25) is 0 Å². The Morgan fingerprint density at radius 2 is 2.29 bits per heavy atom. The molecular formula is C4H5O3. The summed E-state index contributed by atoms with van der Waals surface area (Å²) in [6.45, 7) is 0.568. The Hall–Kier alpha value is -0.570. The summed E-state index contributed by atoms with van der Waals surface area (Å²) < 4.78 is 4.53. The number of hydrogen-bond donors (Lipinski definition) is 0. The molecule has 0 aromatic carbocycles. The van der Waals surface area contributed by atoms with Gasteiger partial charge in [-0.1, -0.05) is 0 Å². The third kappa shape index (κ3) is 0.718. The van der Waals surface area contributed by atoms with Crippen molar-refractivity contribution >= 4 is 5.97 Å². The number of hydrogen-bond acceptors (Lipinski definition) is 2. The molecule has 1 fully saturated rings. The predicted molar refractivity (Wildman–Crippen MR) is 20.1 cm³/mol. The van der Waals surface area contributed by atoms with Gasteiger partial charge in [0.25, 0.3) is 0 Å². The quantitative estimate of drug-likeness (QED) is 0.456. The van der Waals surface area contributed by atoms with E-state index in [9.17, 15) is 9.90 Å². The van der Waals surface area contributed by atoms with Crippen LogP contribution in [0, 0.1) is 0 Å². The highest BCUT2D eigenvalue weighted by Gasteiger charge is 2.26. The van der Waals surface area contributed by atoms with E-state index in [1.165, 1.54) is 0 Å². The van der Waals surface area contributed by atoms with Crippen LogP contribution in [0.15, 0.2) is 0 Å². The van der Waals surface area contributed by atoms with Crippen LogP contribution in [0.25, 0.3) is 0 Å². The lowest BCUT2D eigenvalue weighted by Crippen LogP contribution is -2.33. The second-order valence-electron chi connectivity index (χ2n) is 1.47. The molecule has 0 saturated carbocycles. The van der Waals surface area contributed by atoms with E-state index in [1.54, 1.807) is 0 Å². The van der Waals surface area contributed by atoms with Gasteiger partial charge in [0.05, 0.1) is 6.61 Å². The summed E-state index contributed by atoms with van der Waals surface area (Å²) in [6.07, 6.45) is 0.00231. The van der Waals surface area contributed by atoms with E-state index < -0.39 is 12.1 Å². The maximum absolute atomic E-state index is 9.75. The molecule has 7 heavy (non-hydrogen) atoms. The van der Waals surface area contributed by atoms with Gasteiger partial charge in [0, 0.05) is 6.42 Å². The first-order chi connectivity index (χ1) is 3.30. The largest absolute Gasteiger partial charge is 0.384 e. The van der Waals surface area contributed by atoms with Crippen molar-refractivity contribution in [2.75, 3.05) is 6.61 Å². The van der Waals surface area contributed by atoms with E-state index in [2.05, 4.69) is 4.74 Å². The normalized spacial score (nSPS) is 28.9. The zero-order valence-electron chi connectivity index (χ0n) is 3.72. The van der Waals surface area contributed by atoms with Gasteiger partial charge in [-0.15, -0.1) is 0 Å². The van der Waals surface area contributed by atoms with Gasteiger partial charge in [-0.05, 0) is 0 Å². The van der Waals surface area contributed by atoms with Gasteiger partial charge in [0.2, 0.25) is 0 Å². The molecule has 1 unspecified atom stereocenters. The Morgan fingerprint density at radius 1 is 1.71 bits per heavy atom. The van der Waals surface area contributed by atoms with E-state index in [0.29, 0.717) is 13.0 Å². The monoisotopic (exact) mass is 101 g/mol. The SMILES string of the molecule is [O]C(=O)C1CCO1. The average Bonchev–Trinajstić information content (AvgIpc) is 1.23. The molecule has 1 aliphatic heterocycles. The molecule has 1 heterocycles. The smallest absolute Gasteiger partial charge is 0.366 e. The molecule has 1 atom stereocenters. The summed E-state index contributed by atoms with van der Waals surface area (Å²) in [7, 11) is 0. The van der Waals surface area contributed by atoms with Crippen LogP contribution in [0.1, 0.15) is 6.42 Å². The number of rotatable bonds is 1. The topological polar surface area (TPSA) is 46.2 Å². The van der Waals surface area contributed by atoms with Crippen molar-refractivity contribution in [3.63, 3.8) is 0 Å². The molecule has 0 bridgehead atoms. The highest BCUT2D eigenvalue weighted by Crippen LogP contribution is 2.09. The maximum Gasteiger partial charge on any atom is 0.384 e. The van der Waals surface area contributed by atoms with E-state index in [4.69, 9.17) is 0 Å². The molecule has 0 aromatic rings. The van der Waals surface area contributed by atoms with Crippen molar-refractivity contribution in [1.82, 2.24) is 0 Å². The Labute approximate surface area is 40.9 Å².